The average molecular weight is 427 g/mol. The van der Waals surface area contributed by atoms with E-state index in [-0.39, 0.29) is 5.91 Å². The lowest BCUT2D eigenvalue weighted by Gasteiger charge is -2.44. The van der Waals surface area contributed by atoms with Crippen molar-refractivity contribution in [1.29, 1.82) is 0 Å². The molecule has 7 heteroatoms. The molecule has 30 heavy (non-hydrogen) atoms. The number of methoxy groups -OCH3 is 1. The first-order valence-electron chi connectivity index (χ1n) is 10.7. The summed E-state index contributed by atoms with van der Waals surface area (Å²) in [6.07, 6.45) is 5.82. The lowest BCUT2D eigenvalue weighted by atomic mass is 10.0. The van der Waals surface area contributed by atoms with Gasteiger partial charge in [0.1, 0.15) is 5.75 Å². The van der Waals surface area contributed by atoms with Crippen molar-refractivity contribution in [1.82, 2.24) is 14.8 Å². The predicted molar refractivity (Wildman–Crippen MR) is 121 cm³/mol. The van der Waals surface area contributed by atoms with Gasteiger partial charge in [-0.1, -0.05) is 0 Å². The topological polar surface area (TPSA) is 48.9 Å². The van der Waals surface area contributed by atoms with Crippen molar-refractivity contribution >= 4 is 23.4 Å². The maximum absolute atomic E-state index is 12.7. The minimum atomic E-state index is 0.249. The molecular formula is C23H30N4O2S. The molecule has 2 aliphatic heterocycles. The fraction of sp³-hybridized carbons (Fsp3) is 0.478. The minimum absolute atomic E-state index is 0.249. The number of amides is 1. The number of hydrogen-bond donors (Lipinski definition) is 0. The third-order valence-corrected chi connectivity index (χ3v) is 7.03. The highest BCUT2D eigenvalue weighted by Gasteiger charge is 2.30. The van der Waals surface area contributed by atoms with E-state index in [0.717, 1.165) is 56.3 Å². The number of piperidine rings is 1. The van der Waals surface area contributed by atoms with Crippen LogP contribution in [0.25, 0.3) is 0 Å². The van der Waals surface area contributed by atoms with E-state index in [9.17, 15) is 4.79 Å². The van der Waals surface area contributed by atoms with Crippen LogP contribution in [0.15, 0.2) is 53.7 Å². The number of ether oxygens (including phenoxy) is 1. The van der Waals surface area contributed by atoms with Gasteiger partial charge in [0.2, 0.25) is 5.91 Å². The third kappa shape index (κ3) is 5.26. The van der Waals surface area contributed by atoms with Crippen LogP contribution in [0.4, 0.5) is 5.69 Å². The van der Waals surface area contributed by atoms with E-state index in [0.29, 0.717) is 11.8 Å². The molecule has 2 aliphatic rings. The second-order valence-electron chi connectivity index (χ2n) is 7.83. The SMILES string of the molecule is COc1ccc(N2CCN(C3CCCN(C(=O)CSc4ccncc4)C3)CC2)cc1. The molecule has 3 heterocycles. The van der Waals surface area contributed by atoms with Gasteiger partial charge in [0.25, 0.3) is 0 Å². The van der Waals surface area contributed by atoms with E-state index in [4.69, 9.17) is 4.74 Å². The van der Waals surface area contributed by atoms with Crippen molar-refractivity contribution in [2.24, 2.45) is 0 Å². The fourth-order valence-corrected chi connectivity index (χ4v) is 5.08. The lowest BCUT2D eigenvalue weighted by molar-refractivity contribution is -0.130. The Labute approximate surface area is 183 Å². The molecule has 0 radical (unpaired) electrons. The van der Waals surface area contributed by atoms with Crippen LogP contribution in [0, 0.1) is 0 Å². The Morgan fingerprint density at radius 2 is 1.80 bits per heavy atom. The summed E-state index contributed by atoms with van der Waals surface area (Å²) < 4.78 is 5.26. The summed E-state index contributed by atoms with van der Waals surface area (Å²) in [6.45, 7) is 5.88. The van der Waals surface area contributed by atoms with Gasteiger partial charge in [0, 0.05) is 68.3 Å². The summed E-state index contributed by atoms with van der Waals surface area (Å²) >= 11 is 1.60. The molecule has 2 aromatic rings. The standard InChI is InChI=1S/C23H30N4O2S/c1-29-21-6-4-19(5-7-21)25-13-15-26(16-14-25)20-3-2-12-27(17-20)23(28)18-30-22-8-10-24-11-9-22/h4-11,20H,2-3,12-18H2,1H3. The zero-order chi connectivity index (χ0) is 20.8. The van der Waals surface area contributed by atoms with Crippen LogP contribution < -0.4 is 9.64 Å². The molecule has 2 fully saturated rings. The number of anilines is 1. The van der Waals surface area contributed by atoms with Crippen molar-refractivity contribution in [2.45, 2.75) is 23.8 Å². The van der Waals surface area contributed by atoms with E-state index in [1.807, 2.05) is 24.3 Å². The number of carbonyl (C=O) groups excluding carboxylic acids is 1. The molecule has 1 unspecified atom stereocenters. The van der Waals surface area contributed by atoms with Gasteiger partial charge in [-0.3, -0.25) is 14.7 Å². The maximum atomic E-state index is 12.7. The number of benzene rings is 1. The smallest absolute Gasteiger partial charge is 0.232 e. The average Bonchev–Trinajstić information content (AvgIpc) is 2.83. The van der Waals surface area contributed by atoms with Crippen LogP contribution >= 0.6 is 11.8 Å². The number of nitrogens with zero attached hydrogens (tertiary/aromatic N) is 4. The van der Waals surface area contributed by atoms with Crippen LogP contribution in [0.2, 0.25) is 0 Å². The predicted octanol–water partition coefficient (Wildman–Crippen LogP) is 3.00. The highest BCUT2D eigenvalue weighted by Crippen LogP contribution is 2.24. The zero-order valence-electron chi connectivity index (χ0n) is 17.6. The first kappa shape index (κ1) is 21.0. The van der Waals surface area contributed by atoms with Crippen molar-refractivity contribution in [3.05, 3.63) is 48.8 Å². The summed E-state index contributed by atoms with van der Waals surface area (Å²) in [5, 5.41) is 0. The van der Waals surface area contributed by atoms with Crippen LogP contribution in [0.5, 0.6) is 5.75 Å². The lowest BCUT2D eigenvalue weighted by Crippen LogP contribution is -2.56. The molecule has 0 saturated carbocycles. The molecule has 1 aromatic heterocycles. The summed E-state index contributed by atoms with van der Waals surface area (Å²) in [6, 6.07) is 12.7. The largest absolute Gasteiger partial charge is 0.497 e. The molecule has 160 valence electrons. The van der Waals surface area contributed by atoms with Gasteiger partial charge < -0.3 is 14.5 Å². The number of carbonyl (C=O) groups is 1. The van der Waals surface area contributed by atoms with Crippen LogP contribution in [-0.4, -0.2) is 78.9 Å². The van der Waals surface area contributed by atoms with Crippen LogP contribution in [-0.2, 0) is 4.79 Å². The zero-order valence-corrected chi connectivity index (χ0v) is 18.4. The molecule has 1 aromatic carbocycles. The molecule has 0 bridgehead atoms. The van der Waals surface area contributed by atoms with E-state index < -0.39 is 0 Å². The Morgan fingerprint density at radius 3 is 2.50 bits per heavy atom. The summed E-state index contributed by atoms with van der Waals surface area (Å²) in [7, 11) is 1.70. The van der Waals surface area contributed by atoms with Crippen molar-refractivity contribution in [3.8, 4) is 5.75 Å². The molecule has 6 nitrogen and oxygen atoms in total. The Kier molecular flexibility index (Phi) is 7.12. The van der Waals surface area contributed by atoms with Gasteiger partial charge in [-0.2, -0.15) is 0 Å². The summed E-state index contributed by atoms with van der Waals surface area (Å²) in [5.74, 6) is 1.65. The Bertz CT molecular complexity index is 810. The van der Waals surface area contributed by atoms with E-state index in [2.05, 4.69) is 31.8 Å². The van der Waals surface area contributed by atoms with Gasteiger partial charge in [0.05, 0.1) is 12.9 Å². The summed E-state index contributed by atoms with van der Waals surface area (Å²) in [5.41, 5.74) is 1.25. The van der Waals surface area contributed by atoms with Gasteiger partial charge in [-0.15, -0.1) is 11.8 Å². The van der Waals surface area contributed by atoms with Crippen molar-refractivity contribution in [2.75, 3.05) is 57.0 Å². The van der Waals surface area contributed by atoms with E-state index in [1.54, 1.807) is 31.3 Å². The monoisotopic (exact) mass is 426 g/mol. The van der Waals surface area contributed by atoms with Gasteiger partial charge >= 0.3 is 0 Å². The van der Waals surface area contributed by atoms with Gasteiger partial charge in [-0.25, -0.2) is 0 Å². The molecule has 1 amide bonds. The normalized spacial score (nSPS) is 20.2. The van der Waals surface area contributed by atoms with Gasteiger partial charge in [0.15, 0.2) is 0 Å². The van der Waals surface area contributed by atoms with E-state index in [1.165, 1.54) is 12.1 Å². The second kappa shape index (κ2) is 10.2. The molecule has 0 spiro atoms. The van der Waals surface area contributed by atoms with Gasteiger partial charge in [-0.05, 0) is 49.2 Å². The number of hydrogen-bond acceptors (Lipinski definition) is 6. The van der Waals surface area contributed by atoms with Crippen molar-refractivity contribution in [3.63, 3.8) is 0 Å². The minimum Gasteiger partial charge on any atom is -0.497 e. The van der Waals surface area contributed by atoms with E-state index >= 15 is 0 Å². The number of thioether (sulfide) groups is 1. The fourth-order valence-electron chi connectivity index (χ4n) is 4.29. The second-order valence-corrected chi connectivity index (χ2v) is 8.88. The molecule has 4 rings (SSSR count). The first-order chi connectivity index (χ1) is 14.7. The number of likely N-dealkylation sites (tertiary alicyclic amines) is 1. The Balaban J connectivity index is 1.26. The highest BCUT2D eigenvalue weighted by molar-refractivity contribution is 8.00. The quantitative estimate of drug-likeness (QED) is 0.662. The molecular weight excluding hydrogens is 396 g/mol. The Hall–Kier alpha value is -2.25. The molecule has 0 aliphatic carbocycles. The first-order valence-corrected chi connectivity index (χ1v) is 11.6. The highest BCUT2D eigenvalue weighted by atomic mass is 32.2. The number of aromatic nitrogens is 1. The third-order valence-electron chi connectivity index (χ3n) is 6.03. The molecule has 1 atom stereocenters. The Morgan fingerprint density at radius 1 is 1.07 bits per heavy atom. The van der Waals surface area contributed by atoms with Crippen LogP contribution in [0.3, 0.4) is 0 Å². The summed E-state index contributed by atoms with van der Waals surface area (Å²) in [4.78, 5) is 25.0. The van der Waals surface area contributed by atoms with Crippen LogP contribution in [0.1, 0.15) is 12.8 Å². The maximum Gasteiger partial charge on any atom is 0.232 e. The molecule has 0 N–H and O–H groups in total. The van der Waals surface area contributed by atoms with Crippen molar-refractivity contribution < 1.29 is 9.53 Å². The molecule has 2 saturated heterocycles. The number of rotatable bonds is 6. The number of piperazine rings is 1. The number of pyridine rings is 1.